The third-order valence-corrected chi connectivity index (χ3v) is 5.83. The Balaban J connectivity index is 1.99. The Morgan fingerprint density at radius 3 is 1.91 bits per heavy atom. The zero-order chi connectivity index (χ0) is 23.6. The van der Waals surface area contributed by atoms with Crippen LogP contribution in [0.2, 0.25) is 0 Å². The summed E-state index contributed by atoms with van der Waals surface area (Å²) in [6.07, 6.45) is 6.04. The van der Waals surface area contributed by atoms with Crippen molar-refractivity contribution in [3.05, 3.63) is 0 Å². The van der Waals surface area contributed by atoms with E-state index < -0.39 is 0 Å². The van der Waals surface area contributed by atoms with E-state index in [4.69, 9.17) is 9.84 Å². The molecule has 0 radical (unpaired) electrons. The molecule has 5 N–H and O–H groups in total. The van der Waals surface area contributed by atoms with Crippen LogP contribution in [0.3, 0.4) is 0 Å². The van der Waals surface area contributed by atoms with Crippen molar-refractivity contribution in [1.82, 2.24) is 20.3 Å². The summed E-state index contributed by atoms with van der Waals surface area (Å²) in [4.78, 5) is 13.5. The molecule has 1 unspecified atom stereocenters. The Morgan fingerprint density at radius 2 is 1.44 bits per heavy atom. The topological polar surface area (TPSA) is 116 Å². The maximum atomic E-state index is 9.03. The molecule has 1 saturated heterocycles. The number of rotatable bonds is 14. The van der Waals surface area contributed by atoms with Gasteiger partial charge in [0.15, 0.2) is 0 Å². The van der Waals surface area contributed by atoms with Crippen LogP contribution in [-0.2, 0) is 4.74 Å². The third kappa shape index (κ3) is 9.03. The quantitative estimate of drug-likeness (QED) is 0.272. The molecule has 2 heterocycles. The van der Waals surface area contributed by atoms with Gasteiger partial charge in [0.1, 0.15) is 0 Å². The second kappa shape index (κ2) is 12.5. The van der Waals surface area contributed by atoms with E-state index in [1.165, 1.54) is 0 Å². The van der Waals surface area contributed by atoms with Crippen molar-refractivity contribution in [2.75, 3.05) is 49.3 Å². The first kappa shape index (κ1) is 26.5. The van der Waals surface area contributed by atoms with Gasteiger partial charge in [-0.05, 0) is 65.7 Å². The van der Waals surface area contributed by atoms with Crippen molar-refractivity contribution in [2.45, 2.75) is 90.3 Å². The third-order valence-electron chi connectivity index (χ3n) is 5.83. The summed E-state index contributed by atoms with van der Waals surface area (Å²) >= 11 is 0. The van der Waals surface area contributed by atoms with Crippen molar-refractivity contribution in [1.29, 1.82) is 0 Å². The Morgan fingerprint density at radius 1 is 0.938 bits per heavy atom. The first-order chi connectivity index (χ1) is 15.2. The number of ether oxygens (including phenoxy) is 1. The molecule has 0 amide bonds. The molecule has 0 aromatic carbocycles. The fraction of sp³-hybridized carbons (Fsp3) is 0.870. The number of aliphatic hydroxyl groups is 1. The lowest BCUT2D eigenvalue weighted by Gasteiger charge is -2.48. The zero-order valence-electron chi connectivity index (χ0n) is 20.9. The van der Waals surface area contributed by atoms with Crippen LogP contribution in [0.15, 0.2) is 0 Å². The minimum absolute atomic E-state index is 0.0963. The van der Waals surface area contributed by atoms with E-state index in [2.05, 4.69) is 70.8 Å². The monoisotopic (exact) mass is 451 g/mol. The summed E-state index contributed by atoms with van der Waals surface area (Å²) < 4.78 is 5.92. The predicted molar refractivity (Wildman–Crippen MR) is 131 cm³/mol. The highest BCUT2D eigenvalue weighted by Gasteiger charge is 2.40. The molecule has 1 aliphatic heterocycles. The molecule has 1 atom stereocenters. The molecule has 0 aliphatic carbocycles. The van der Waals surface area contributed by atoms with Gasteiger partial charge in [-0.15, -0.1) is 0 Å². The van der Waals surface area contributed by atoms with Crippen molar-refractivity contribution >= 4 is 17.8 Å². The second-order valence-corrected chi connectivity index (χ2v) is 10.1. The van der Waals surface area contributed by atoms with E-state index in [0.29, 0.717) is 36.7 Å². The molecule has 0 saturated carbocycles. The van der Waals surface area contributed by atoms with Crippen LogP contribution in [0.25, 0.3) is 0 Å². The van der Waals surface area contributed by atoms with Gasteiger partial charge in [0.25, 0.3) is 0 Å². The molecule has 0 spiro atoms. The Labute approximate surface area is 193 Å². The number of aromatic nitrogens is 3. The zero-order valence-corrected chi connectivity index (χ0v) is 20.9. The van der Waals surface area contributed by atoms with Gasteiger partial charge >= 0.3 is 0 Å². The van der Waals surface area contributed by atoms with Crippen molar-refractivity contribution < 1.29 is 9.84 Å². The number of hydrogen-bond donors (Lipinski definition) is 5. The fourth-order valence-corrected chi connectivity index (χ4v) is 4.81. The number of piperidine rings is 1. The molecule has 2 rings (SSSR count). The SMILES string of the molecule is CCCCNc1nc(NCCCO)nc(NCCC(OC)C2CC(C)(C)NC(C)(C)C2)n1. The molecular weight excluding hydrogens is 406 g/mol. The lowest BCUT2D eigenvalue weighted by Crippen LogP contribution is -2.59. The first-order valence-electron chi connectivity index (χ1n) is 12.1. The summed E-state index contributed by atoms with van der Waals surface area (Å²) in [5.41, 5.74) is 0.193. The van der Waals surface area contributed by atoms with Crippen LogP contribution in [0.1, 0.15) is 73.1 Å². The molecule has 1 aromatic heterocycles. The standard InChI is InChI=1S/C23H45N7O2/c1-7-8-11-24-19-27-20(25-12-9-14-31)29-21(28-19)26-13-10-18(32-6)17-15-22(2,3)30-23(4,5)16-17/h17-18,30-31H,7-16H2,1-6H3,(H3,24,25,26,27,28,29). The van der Waals surface area contributed by atoms with Crippen molar-refractivity contribution in [3.63, 3.8) is 0 Å². The van der Waals surface area contributed by atoms with E-state index in [0.717, 1.165) is 45.2 Å². The van der Waals surface area contributed by atoms with Gasteiger partial charge in [0, 0.05) is 44.4 Å². The number of unbranched alkanes of at least 4 members (excludes halogenated alkanes) is 1. The molecule has 9 nitrogen and oxygen atoms in total. The van der Waals surface area contributed by atoms with Gasteiger partial charge in [0.2, 0.25) is 17.8 Å². The lowest BCUT2D eigenvalue weighted by atomic mass is 9.73. The molecule has 0 bridgehead atoms. The summed E-state index contributed by atoms with van der Waals surface area (Å²) in [6.45, 7) is 13.5. The highest BCUT2D eigenvalue weighted by atomic mass is 16.5. The van der Waals surface area contributed by atoms with Crippen LogP contribution in [0.4, 0.5) is 17.8 Å². The van der Waals surface area contributed by atoms with E-state index >= 15 is 0 Å². The molecule has 1 aromatic rings. The van der Waals surface area contributed by atoms with E-state index in [1.54, 1.807) is 0 Å². The molecule has 1 fully saturated rings. The number of methoxy groups -OCH3 is 1. The lowest BCUT2D eigenvalue weighted by molar-refractivity contribution is -0.00438. The summed E-state index contributed by atoms with van der Waals surface area (Å²) in [7, 11) is 1.81. The second-order valence-electron chi connectivity index (χ2n) is 10.1. The Hall–Kier alpha value is -1.71. The van der Waals surface area contributed by atoms with Crippen LogP contribution < -0.4 is 21.3 Å². The van der Waals surface area contributed by atoms with E-state index in [9.17, 15) is 0 Å². The number of aliphatic hydroxyl groups excluding tert-OH is 1. The highest BCUT2D eigenvalue weighted by Crippen LogP contribution is 2.36. The van der Waals surface area contributed by atoms with Gasteiger partial charge in [-0.1, -0.05) is 13.3 Å². The number of anilines is 3. The van der Waals surface area contributed by atoms with Gasteiger partial charge in [-0.3, -0.25) is 0 Å². The van der Waals surface area contributed by atoms with Crippen molar-refractivity contribution in [3.8, 4) is 0 Å². The van der Waals surface area contributed by atoms with Crippen molar-refractivity contribution in [2.24, 2.45) is 5.92 Å². The Bertz CT molecular complexity index is 640. The maximum absolute atomic E-state index is 9.03. The number of nitrogens with one attached hydrogen (secondary N) is 4. The normalized spacial score (nSPS) is 18.8. The van der Waals surface area contributed by atoms with Gasteiger partial charge in [-0.2, -0.15) is 15.0 Å². The van der Waals surface area contributed by atoms with Gasteiger partial charge in [-0.25, -0.2) is 0 Å². The highest BCUT2D eigenvalue weighted by molar-refractivity contribution is 5.42. The summed E-state index contributed by atoms with van der Waals surface area (Å²) in [5, 5.41) is 22.6. The van der Waals surface area contributed by atoms with E-state index in [1.807, 2.05) is 7.11 Å². The fourth-order valence-electron chi connectivity index (χ4n) is 4.81. The number of nitrogens with zero attached hydrogens (tertiary/aromatic N) is 3. The first-order valence-corrected chi connectivity index (χ1v) is 12.1. The Kier molecular flexibility index (Phi) is 10.4. The largest absolute Gasteiger partial charge is 0.396 e. The molecule has 9 heteroatoms. The minimum atomic E-state index is 0.0963. The van der Waals surface area contributed by atoms with Crippen LogP contribution in [-0.4, -0.2) is 70.6 Å². The summed E-state index contributed by atoms with van der Waals surface area (Å²) in [6, 6.07) is 0. The maximum Gasteiger partial charge on any atom is 0.229 e. The molecule has 32 heavy (non-hydrogen) atoms. The molecule has 184 valence electrons. The number of hydrogen-bond acceptors (Lipinski definition) is 9. The predicted octanol–water partition coefficient (Wildman–Crippen LogP) is 3.25. The van der Waals surface area contributed by atoms with Crippen LogP contribution in [0.5, 0.6) is 0 Å². The summed E-state index contributed by atoms with van der Waals surface area (Å²) in [5.74, 6) is 2.12. The smallest absolute Gasteiger partial charge is 0.229 e. The van der Waals surface area contributed by atoms with Gasteiger partial charge < -0.3 is 31.1 Å². The average molecular weight is 452 g/mol. The average Bonchev–Trinajstić information content (AvgIpc) is 2.69. The minimum Gasteiger partial charge on any atom is -0.396 e. The molecule has 1 aliphatic rings. The molecular formula is C23H45N7O2. The van der Waals surface area contributed by atoms with Gasteiger partial charge in [0.05, 0.1) is 6.10 Å². The van der Waals surface area contributed by atoms with Crippen LogP contribution >= 0.6 is 0 Å². The van der Waals surface area contributed by atoms with Crippen LogP contribution in [0, 0.1) is 5.92 Å². The van der Waals surface area contributed by atoms with E-state index in [-0.39, 0.29) is 23.8 Å².